The topological polar surface area (TPSA) is 60.7 Å². The van der Waals surface area contributed by atoms with Crippen molar-refractivity contribution in [2.75, 3.05) is 0 Å². The van der Waals surface area contributed by atoms with Gasteiger partial charge in [0.25, 0.3) is 11.5 Å². The summed E-state index contributed by atoms with van der Waals surface area (Å²) in [6.45, 7) is 4.12. The van der Waals surface area contributed by atoms with E-state index in [0.717, 1.165) is 36.0 Å². The number of fused-ring (bicyclic) bond motifs is 1. The van der Waals surface area contributed by atoms with Crippen molar-refractivity contribution >= 4 is 0 Å². The van der Waals surface area contributed by atoms with Crippen LogP contribution in [-0.4, -0.2) is 19.7 Å². The first-order valence-electron chi connectivity index (χ1n) is 6.54. The molecule has 0 aromatic carbocycles. The molecular formula is C14H16N4O. The largest absolute Gasteiger partial charge is 0.277 e. The molecule has 2 heterocycles. The highest BCUT2D eigenvalue weighted by molar-refractivity contribution is 5.27. The van der Waals surface area contributed by atoms with Gasteiger partial charge in [-0.1, -0.05) is 6.92 Å². The molecule has 0 bridgehead atoms. The maximum absolute atomic E-state index is 12.4. The molecule has 0 aliphatic heterocycles. The van der Waals surface area contributed by atoms with Gasteiger partial charge in [-0.15, -0.1) is 0 Å². The zero-order valence-corrected chi connectivity index (χ0v) is 11.1. The second-order valence-electron chi connectivity index (χ2n) is 5.27. The Balaban J connectivity index is 2.09. The molecule has 2 aromatic heterocycles. The predicted molar refractivity (Wildman–Crippen MR) is 71.4 cm³/mol. The lowest BCUT2D eigenvalue weighted by Gasteiger charge is -2.20. The smallest absolute Gasteiger partial charge is 0.267 e. The van der Waals surface area contributed by atoms with E-state index in [1.54, 1.807) is 18.6 Å². The van der Waals surface area contributed by atoms with Gasteiger partial charge in [0.2, 0.25) is 0 Å². The maximum Gasteiger partial charge on any atom is 0.277 e. The van der Waals surface area contributed by atoms with Crippen molar-refractivity contribution in [1.29, 1.82) is 0 Å². The van der Waals surface area contributed by atoms with E-state index in [-0.39, 0.29) is 5.56 Å². The summed E-state index contributed by atoms with van der Waals surface area (Å²) in [5, 5.41) is 4.21. The highest BCUT2D eigenvalue weighted by Gasteiger charge is 2.20. The Labute approximate surface area is 111 Å². The Morgan fingerprint density at radius 1 is 1.26 bits per heavy atom. The van der Waals surface area contributed by atoms with Crippen LogP contribution in [0.25, 0.3) is 5.95 Å². The number of aryl methyl sites for hydroxylation is 1. The summed E-state index contributed by atoms with van der Waals surface area (Å²) in [4.78, 5) is 20.8. The summed E-state index contributed by atoms with van der Waals surface area (Å²) >= 11 is 0. The lowest BCUT2D eigenvalue weighted by molar-refractivity contribution is 0.491. The average Bonchev–Trinajstić information content (AvgIpc) is 2.40. The zero-order valence-electron chi connectivity index (χ0n) is 11.1. The van der Waals surface area contributed by atoms with E-state index in [9.17, 15) is 4.79 Å². The number of hydrogen-bond acceptors (Lipinski definition) is 4. The third kappa shape index (κ3) is 2.16. The van der Waals surface area contributed by atoms with Crippen LogP contribution in [0.3, 0.4) is 0 Å². The van der Waals surface area contributed by atoms with Crippen molar-refractivity contribution in [3.63, 3.8) is 0 Å². The normalized spacial score (nSPS) is 18.1. The first-order chi connectivity index (χ1) is 9.15. The molecule has 0 fully saturated rings. The summed E-state index contributed by atoms with van der Waals surface area (Å²) < 4.78 is 1.30. The van der Waals surface area contributed by atoms with Gasteiger partial charge in [-0.3, -0.25) is 4.79 Å². The van der Waals surface area contributed by atoms with Crippen molar-refractivity contribution in [1.82, 2.24) is 19.7 Å². The molecule has 1 atom stereocenters. The summed E-state index contributed by atoms with van der Waals surface area (Å²) in [6.07, 6.45) is 7.99. The number of hydrogen-bond donors (Lipinski definition) is 0. The molecule has 2 aromatic rings. The Bertz CT molecular complexity index is 660. The fraction of sp³-hybridized carbons (Fsp3) is 0.429. The van der Waals surface area contributed by atoms with Gasteiger partial charge >= 0.3 is 0 Å². The predicted octanol–water partition coefficient (Wildman–Crippen LogP) is 1.46. The summed E-state index contributed by atoms with van der Waals surface area (Å²) in [7, 11) is 0. The highest BCUT2D eigenvalue weighted by Crippen LogP contribution is 2.22. The van der Waals surface area contributed by atoms with Crippen LogP contribution >= 0.6 is 0 Å². The van der Waals surface area contributed by atoms with Crippen LogP contribution in [0.4, 0.5) is 0 Å². The maximum atomic E-state index is 12.4. The van der Waals surface area contributed by atoms with E-state index in [0.29, 0.717) is 11.9 Å². The third-order valence-electron chi connectivity index (χ3n) is 3.58. The van der Waals surface area contributed by atoms with E-state index in [1.165, 1.54) is 4.68 Å². The minimum absolute atomic E-state index is 0.0757. The second-order valence-corrected chi connectivity index (χ2v) is 5.27. The Hall–Kier alpha value is -2.04. The van der Waals surface area contributed by atoms with Gasteiger partial charge in [0.15, 0.2) is 0 Å². The van der Waals surface area contributed by atoms with Gasteiger partial charge in [-0.2, -0.15) is 9.78 Å². The van der Waals surface area contributed by atoms with E-state index < -0.39 is 0 Å². The van der Waals surface area contributed by atoms with Crippen molar-refractivity contribution in [2.24, 2.45) is 5.92 Å². The molecule has 0 N–H and O–H groups in total. The van der Waals surface area contributed by atoms with Crippen LogP contribution in [0.2, 0.25) is 0 Å². The first kappa shape index (κ1) is 12.0. The molecule has 0 spiro atoms. The highest BCUT2D eigenvalue weighted by atomic mass is 16.1. The minimum Gasteiger partial charge on any atom is -0.267 e. The fourth-order valence-corrected chi connectivity index (χ4v) is 2.47. The molecule has 0 saturated carbocycles. The fourth-order valence-electron chi connectivity index (χ4n) is 2.47. The van der Waals surface area contributed by atoms with Gasteiger partial charge < -0.3 is 0 Å². The molecule has 1 unspecified atom stereocenters. The molecule has 0 saturated heterocycles. The molecule has 0 amide bonds. The number of rotatable bonds is 1. The molecule has 3 rings (SSSR count). The molecule has 1 aliphatic carbocycles. The molecule has 5 nitrogen and oxygen atoms in total. The number of nitrogens with zero attached hydrogens (tertiary/aromatic N) is 4. The monoisotopic (exact) mass is 256 g/mol. The van der Waals surface area contributed by atoms with Gasteiger partial charge in [0, 0.05) is 18.0 Å². The lowest BCUT2D eigenvalue weighted by atomic mass is 9.87. The van der Waals surface area contributed by atoms with E-state index >= 15 is 0 Å². The molecule has 0 radical (unpaired) electrons. The zero-order chi connectivity index (χ0) is 13.4. The van der Waals surface area contributed by atoms with Gasteiger partial charge in [-0.05, 0) is 43.2 Å². The van der Waals surface area contributed by atoms with Crippen LogP contribution in [0.1, 0.15) is 30.0 Å². The van der Waals surface area contributed by atoms with Crippen LogP contribution in [0, 0.1) is 12.8 Å². The van der Waals surface area contributed by atoms with E-state index in [4.69, 9.17) is 0 Å². The Morgan fingerprint density at radius 2 is 2.00 bits per heavy atom. The average molecular weight is 256 g/mol. The molecule has 5 heteroatoms. The summed E-state index contributed by atoms with van der Waals surface area (Å²) in [5.41, 5.74) is 2.83. The van der Waals surface area contributed by atoms with Crippen LogP contribution in [0.15, 0.2) is 23.4 Å². The van der Waals surface area contributed by atoms with Crippen LogP contribution < -0.4 is 5.56 Å². The van der Waals surface area contributed by atoms with Crippen LogP contribution in [-0.2, 0) is 12.8 Å². The van der Waals surface area contributed by atoms with E-state index in [2.05, 4.69) is 22.0 Å². The molecular weight excluding hydrogens is 240 g/mol. The number of aromatic nitrogens is 4. The second kappa shape index (κ2) is 4.57. The Kier molecular flexibility index (Phi) is 2.89. The van der Waals surface area contributed by atoms with Crippen molar-refractivity contribution in [2.45, 2.75) is 33.1 Å². The standard InChI is InChI=1S/C14H16N4O/c1-9-3-4-12-11(5-9)8-17-18(13(12)19)14-15-6-10(2)7-16-14/h6-9H,3-5H2,1-2H3. The van der Waals surface area contributed by atoms with Crippen molar-refractivity contribution in [3.05, 3.63) is 45.6 Å². The molecule has 19 heavy (non-hydrogen) atoms. The van der Waals surface area contributed by atoms with Gasteiger partial charge in [0.05, 0.1) is 6.20 Å². The van der Waals surface area contributed by atoms with E-state index in [1.807, 2.05) is 6.92 Å². The van der Waals surface area contributed by atoms with Gasteiger partial charge in [-0.25, -0.2) is 9.97 Å². The van der Waals surface area contributed by atoms with Gasteiger partial charge in [0.1, 0.15) is 0 Å². The minimum atomic E-state index is -0.0757. The third-order valence-corrected chi connectivity index (χ3v) is 3.58. The quantitative estimate of drug-likeness (QED) is 0.775. The van der Waals surface area contributed by atoms with Crippen molar-refractivity contribution in [3.8, 4) is 5.95 Å². The Morgan fingerprint density at radius 3 is 2.74 bits per heavy atom. The van der Waals surface area contributed by atoms with Crippen molar-refractivity contribution < 1.29 is 0 Å². The first-order valence-corrected chi connectivity index (χ1v) is 6.54. The lowest BCUT2D eigenvalue weighted by Crippen LogP contribution is -2.30. The SMILES string of the molecule is Cc1cnc(-n2ncc3c(c2=O)CCC(C)C3)nc1. The summed E-state index contributed by atoms with van der Waals surface area (Å²) in [6, 6.07) is 0. The summed E-state index contributed by atoms with van der Waals surface area (Å²) in [5.74, 6) is 0.970. The molecule has 98 valence electrons. The van der Waals surface area contributed by atoms with Crippen LogP contribution in [0.5, 0.6) is 0 Å². The molecule has 1 aliphatic rings.